The number of hydrogen-bond acceptors (Lipinski definition) is 2. The molecule has 1 rings (SSSR count). The SMILES string of the molecule is CNC(=O)CC(=O)NC1CCC1C. The zero-order chi connectivity index (χ0) is 9.84. The van der Waals surface area contributed by atoms with Crippen LogP contribution < -0.4 is 10.6 Å². The maximum absolute atomic E-state index is 11.2. The zero-order valence-corrected chi connectivity index (χ0v) is 8.09. The summed E-state index contributed by atoms with van der Waals surface area (Å²) >= 11 is 0. The molecule has 0 saturated heterocycles. The molecule has 0 radical (unpaired) electrons. The molecule has 0 aromatic heterocycles. The standard InChI is InChI=1S/C9H16N2O2/c1-6-3-4-7(6)11-9(13)5-8(12)10-2/h6-7H,3-5H2,1-2H3,(H,10,12)(H,11,13). The first-order chi connectivity index (χ1) is 6.13. The van der Waals surface area contributed by atoms with Crippen molar-refractivity contribution in [2.45, 2.75) is 32.2 Å². The van der Waals surface area contributed by atoms with Gasteiger partial charge in [0.25, 0.3) is 0 Å². The highest BCUT2D eigenvalue weighted by Crippen LogP contribution is 2.26. The third-order valence-corrected chi connectivity index (χ3v) is 2.57. The monoisotopic (exact) mass is 184 g/mol. The van der Waals surface area contributed by atoms with Gasteiger partial charge in [-0.3, -0.25) is 9.59 Å². The van der Waals surface area contributed by atoms with Crippen LogP contribution in [0.3, 0.4) is 0 Å². The molecule has 0 aromatic rings. The predicted molar refractivity (Wildman–Crippen MR) is 49.0 cm³/mol. The van der Waals surface area contributed by atoms with Crippen LogP contribution >= 0.6 is 0 Å². The Labute approximate surface area is 78.1 Å². The van der Waals surface area contributed by atoms with Gasteiger partial charge in [-0.15, -0.1) is 0 Å². The van der Waals surface area contributed by atoms with E-state index >= 15 is 0 Å². The minimum absolute atomic E-state index is 0.0558. The van der Waals surface area contributed by atoms with Gasteiger partial charge >= 0.3 is 0 Å². The third kappa shape index (κ3) is 2.72. The van der Waals surface area contributed by atoms with E-state index in [9.17, 15) is 9.59 Å². The van der Waals surface area contributed by atoms with Crippen molar-refractivity contribution in [1.29, 1.82) is 0 Å². The van der Waals surface area contributed by atoms with Crippen molar-refractivity contribution >= 4 is 11.8 Å². The van der Waals surface area contributed by atoms with Crippen LogP contribution in [0.4, 0.5) is 0 Å². The van der Waals surface area contributed by atoms with Crippen LogP contribution in [0.5, 0.6) is 0 Å². The van der Waals surface area contributed by atoms with Crippen molar-refractivity contribution in [3.05, 3.63) is 0 Å². The van der Waals surface area contributed by atoms with Crippen LogP contribution in [-0.4, -0.2) is 24.9 Å². The maximum atomic E-state index is 11.2. The molecule has 0 aliphatic heterocycles. The van der Waals surface area contributed by atoms with E-state index in [4.69, 9.17) is 0 Å². The highest BCUT2D eigenvalue weighted by Gasteiger charge is 2.28. The minimum atomic E-state index is -0.232. The Morgan fingerprint density at radius 1 is 1.31 bits per heavy atom. The van der Waals surface area contributed by atoms with Crippen LogP contribution in [0, 0.1) is 5.92 Å². The van der Waals surface area contributed by atoms with Gasteiger partial charge in [0.1, 0.15) is 6.42 Å². The topological polar surface area (TPSA) is 58.2 Å². The average Bonchev–Trinajstić information content (AvgIpc) is 2.11. The Morgan fingerprint density at radius 3 is 2.38 bits per heavy atom. The van der Waals surface area contributed by atoms with Crippen LogP contribution in [0.25, 0.3) is 0 Å². The first kappa shape index (κ1) is 10.0. The molecule has 4 heteroatoms. The minimum Gasteiger partial charge on any atom is -0.359 e. The molecule has 0 spiro atoms. The number of hydrogen-bond donors (Lipinski definition) is 2. The molecule has 0 aromatic carbocycles. The molecule has 2 atom stereocenters. The summed E-state index contributed by atoms with van der Waals surface area (Å²) in [6.45, 7) is 2.11. The fraction of sp³-hybridized carbons (Fsp3) is 0.778. The number of carbonyl (C=O) groups excluding carboxylic acids is 2. The van der Waals surface area contributed by atoms with Gasteiger partial charge < -0.3 is 10.6 Å². The quantitative estimate of drug-likeness (QED) is 0.608. The first-order valence-corrected chi connectivity index (χ1v) is 4.63. The second-order valence-electron chi connectivity index (χ2n) is 3.58. The van der Waals surface area contributed by atoms with E-state index in [0.717, 1.165) is 6.42 Å². The van der Waals surface area contributed by atoms with Crippen molar-refractivity contribution in [1.82, 2.24) is 10.6 Å². The molecule has 13 heavy (non-hydrogen) atoms. The van der Waals surface area contributed by atoms with Crippen LogP contribution in [0.2, 0.25) is 0 Å². The van der Waals surface area contributed by atoms with E-state index in [-0.39, 0.29) is 24.3 Å². The largest absolute Gasteiger partial charge is 0.359 e. The summed E-state index contributed by atoms with van der Waals surface area (Å²) in [4.78, 5) is 22.0. The van der Waals surface area contributed by atoms with E-state index in [1.165, 1.54) is 13.5 Å². The first-order valence-electron chi connectivity index (χ1n) is 4.63. The molecule has 4 nitrogen and oxygen atoms in total. The van der Waals surface area contributed by atoms with Crippen molar-refractivity contribution in [2.24, 2.45) is 5.92 Å². The highest BCUT2D eigenvalue weighted by atomic mass is 16.2. The molecule has 1 fully saturated rings. The Bertz CT molecular complexity index is 216. The van der Waals surface area contributed by atoms with E-state index in [0.29, 0.717) is 5.92 Å². The van der Waals surface area contributed by atoms with E-state index in [1.54, 1.807) is 0 Å². The van der Waals surface area contributed by atoms with E-state index < -0.39 is 0 Å². The van der Waals surface area contributed by atoms with Crippen LogP contribution in [0.15, 0.2) is 0 Å². The zero-order valence-electron chi connectivity index (χ0n) is 8.09. The number of rotatable bonds is 3. The third-order valence-electron chi connectivity index (χ3n) is 2.57. The lowest BCUT2D eigenvalue weighted by molar-refractivity contribution is -0.130. The summed E-state index contributed by atoms with van der Waals surface area (Å²) in [7, 11) is 1.53. The molecular formula is C9H16N2O2. The van der Waals surface area contributed by atoms with Crippen LogP contribution in [0.1, 0.15) is 26.2 Å². The van der Waals surface area contributed by atoms with Crippen molar-refractivity contribution < 1.29 is 9.59 Å². The molecule has 1 aliphatic rings. The summed E-state index contributed by atoms with van der Waals surface area (Å²) in [5.41, 5.74) is 0. The Hall–Kier alpha value is -1.06. The van der Waals surface area contributed by atoms with Crippen molar-refractivity contribution in [3.8, 4) is 0 Å². The number of amides is 2. The molecule has 74 valence electrons. The van der Waals surface area contributed by atoms with Gasteiger partial charge in [-0.1, -0.05) is 6.92 Å². The van der Waals surface area contributed by atoms with Gasteiger partial charge in [0, 0.05) is 13.1 Å². The molecule has 2 N–H and O–H groups in total. The molecule has 1 saturated carbocycles. The summed E-state index contributed by atoms with van der Waals surface area (Å²) < 4.78 is 0. The molecule has 2 amide bonds. The predicted octanol–water partition coefficient (Wildman–Crippen LogP) is 0.0372. The number of carbonyl (C=O) groups is 2. The van der Waals surface area contributed by atoms with Crippen LogP contribution in [-0.2, 0) is 9.59 Å². The Morgan fingerprint density at radius 2 is 2.00 bits per heavy atom. The van der Waals surface area contributed by atoms with E-state index in [1.807, 2.05) is 0 Å². The average molecular weight is 184 g/mol. The molecular weight excluding hydrogens is 168 g/mol. The highest BCUT2D eigenvalue weighted by molar-refractivity contribution is 5.96. The molecule has 0 heterocycles. The lowest BCUT2D eigenvalue weighted by atomic mass is 9.81. The van der Waals surface area contributed by atoms with Gasteiger partial charge in [-0.2, -0.15) is 0 Å². The fourth-order valence-corrected chi connectivity index (χ4v) is 1.37. The number of nitrogens with one attached hydrogen (secondary N) is 2. The van der Waals surface area contributed by atoms with Gasteiger partial charge in [-0.05, 0) is 18.8 Å². The second-order valence-corrected chi connectivity index (χ2v) is 3.58. The second kappa shape index (κ2) is 4.25. The van der Waals surface area contributed by atoms with Gasteiger partial charge in [0.2, 0.25) is 11.8 Å². The summed E-state index contributed by atoms with van der Waals surface area (Å²) in [5.74, 6) is 0.161. The smallest absolute Gasteiger partial charge is 0.229 e. The fourth-order valence-electron chi connectivity index (χ4n) is 1.37. The Balaban J connectivity index is 2.21. The Kier molecular flexibility index (Phi) is 3.28. The van der Waals surface area contributed by atoms with Crippen molar-refractivity contribution in [2.75, 3.05) is 7.05 Å². The summed E-state index contributed by atoms with van der Waals surface area (Å²) in [6.07, 6.45) is 2.16. The molecule has 1 aliphatic carbocycles. The van der Waals surface area contributed by atoms with Crippen molar-refractivity contribution in [3.63, 3.8) is 0 Å². The maximum Gasteiger partial charge on any atom is 0.229 e. The normalized spacial score (nSPS) is 26.0. The van der Waals surface area contributed by atoms with Gasteiger partial charge in [-0.25, -0.2) is 0 Å². The molecule has 2 unspecified atom stereocenters. The summed E-state index contributed by atoms with van der Waals surface area (Å²) in [6, 6.07) is 0.289. The lowest BCUT2D eigenvalue weighted by Gasteiger charge is -2.34. The lowest BCUT2D eigenvalue weighted by Crippen LogP contribution is -2.46. The van der Waals surface area contributed by atoms with E-state index in [2.05, 4.69) is 17.6 Å². The summed E-state index contributed by atoms with van der Waals surface area (Å²) in [5, 5.41) is 5.25. The molecule has 0 bridgehead atoms. The van der Waals surface area contributed by atoms with Gasteiger partial charge in [0.15, 0.2) is 0 Å². The van der Waals surface area contributed by atoms with Gasteiger partial charge in [0.05, 0.1) is 0 Å².